The number of hydrogen-bond donors (Lipinski definition) is 1. The Kier molecular flexibility index (Phi) is 3.12. The van der Waals surface area contributed by atoms with Crippen LogP contribution < -0.4 is 5.32 Å². The standard InChI is InChI=1S/C13H17N5S/c1-9-11(7-15-17(9)3)12(14-2)6-10-8-18-4-5-19-13(18)16-10/h4-5,7-8,12,14H,6H2,1-3H3. The van der Waals surface area contributed by atoms with E-state index in [9.17, 15) is 0 Å². The molecule has 0 saturated heterocycles. The van der Waals surface area contributed by atoms with Gasteiger partial charge in [0.1, 0.15) is 0 Å². The Hall–Kier alpha value is -1.66. The van der Waals surface area contributed by atoms with Gasteiger partial charge in [-0.2, -0.15) is 5.10 Å². The Morgan fingerprint density at radius 2 is 2.32 bits per heavy atom. The van der Waals surface area contributed by atoms with Crippen LogP contribution in [0.15, 0.2) is 24.0 Å². The molecule has 0 aliphatic carbocycles. The minimum absolute atomic E-state index is 0.248. The highest BCUT2D eigenvalue weighted by molar-refractivity contribution is 7.15. The van der Waals surface area contributed by atoms with Crippen molar-refractivity contribution in [3.05, 3.63) is 40.9 Å². The number of nitrogens with zero attached hydrogens (tertiary/aromatic N) is 4. The zero-order valence-corrected chi connectivity index (χ0v) is 12.1. The lowest BCUT2D eigenvalue weighted by molar-refractivity contribution is 0.581. The lowest BCUT2D eigenvalue weighted by Gasteiger charge is -2.14. The molecule has 3 aromatic heterocycles. The van der Waals surface area contributed by atoms with Crippen molar-refractivity contribution in [3.63, 3.8) is 0 Å². The van der Waals surface area contributed by atoms with Crippen LogP contribution in [-0.4, -0.2) is 26.2 Å². The highest BCUT2D eigenvalue weighted by Gasteiger charge is 2.17. The zero-order valence-electron chi connectivity index (χ0n) is 11.3. The van der Waals surface area contributed by atoms with Gasteiger partial charge in [0.25, 0.3) is 0 Å². The molecule has 0 aromatic carbocycles. The number of aryl methyl sites for hydroxylation is 1. The van der Waals surface area contributed by atoms with E-state index in [1.54, 1.807) is 11.3 Å². The van der Waals surface area contributed by atoms with Crippen LogP contribution in [0.25, 0.3) is 4.96 Å². The number of imidazole rings is 1. The number of nitrogens with one attached hydrogen (secondary N) is 1. The van der Waals surface area contributed by atoms with E-state index in [2.05, 4.69) is 32.9 Å². The maximum Gasteiger partial charge on any atom is 0.193 e. The molecule has 0 aliphatic heterocycles. The van der Waals surface area contributed by atoms with Crippen molar-refractivity contribution < 1.29 is 0 Å². The monoisotopic (exact) mass is 275 g/mol. The fourth-order valence-corrected chi connectivity index (χ4v) is 3.03. The first kappa shape index (κ1) is 12.4. The highest BCUT2D eigenvalue weighted by Crippen LogP contribution is 2.21. The SMILES string of the molecule is CNC(Cc1cn2ccsc2n1)c1cnn(C)c1C. The molecule has 0 amide bonds. The zero-order chi connectivity index (χ0) is 13.4. The van der Waals surface area contributed by atoms with E-state index in [1.807, 2.05) is 36.6 Å². The van der Waals surface area contributed by atoms with Crippen molar-refractivity contribution in [2.75, 3.05) is 7.05 Å². The smallest absolute Gasteiger partial charge is 0.193 e. The van der Waals surface area contributed by atoms with E-state index in [1.165, 1.54) is 11.3 Å². The van der Waals surface area contributed by atoms with Crippen molar-refractivity contribution in [2.24, 2.45) is 7.05 Å². The third-order valence-corrected chi connectivity index (χ3v) is 4.32. The molecule has 0 spiro atoms. The van der Waals surface area contributed by atoms with Crippen molar-refractivity contribution in [1.82, 2.24) is 24.5 Å². The first-order valence-electron chi connectivity index (χ1n) is 6.26. The third-order valence-electron chi connectivity index (χ3n) is 3.55. The summed E-state index contributed by atoms with van der Waals surface area (Å²) in [6, 6.07) is 0.248. The Bertz CT molecular complexity index is 664. The largest absolute Gasteiger partial charge is 0.313 e. The predicted octanol–water partition coefficient (Wildman–Crippen LogP) is 1.94. The Balaban J connectivity index is 1.87. The molecule has 0 bridgehead atoms. The first-order valence-corrected chi connectivity index (χ1v) is 7.14. The molecule has 0 saturated carbocycles. The summed E-state index contributed by atoms with van der Waals surface area (Å²) in [5.41, 5.74) is 3.54. The van der Waals surface area contributed by atoms with E-state index >= 15 is 0 Å². The summed E-state index contributed by atoms with van der Waals surface area (Å²) in [7, 11) is 3.95. The van der Waals surface area contributed by atoms with Crippen LogP contribution in [0, 0.1) is 6.92 Å². The number of hydrogen-bond acceptors (Lipinski definition) is 4. The van der Waals surface area contributed by atoms with Gasteiger partial charge in [-0.05, 0) is 14.0 Å². The van der Waals surface area contributed by atoms with Gasteiger partial charge in [-0.25, -0.2) is 4.98 Å². The quantitative estimate of drug-likeness (QED) is 0.791. The minimum atomic E-state index is 0.248. The van der Waals surface area contributed by atoms with Crippen molar-refractivity contribution in [2.45, 2.75) is 19.4 Å². The Morgan fingerprint density at radius 1 is 1.47 bits per heavy atom. The lowest BCUT2D eigenvalue weighted by Crippen LogP contribution is -2.19. The average molecular weight is 275 g/mol. The second kappa shape index (κ2) is 4.79. The molecule has 1 N–H and O–H groups in total. The lowest BCUT2D eigenvalue weighted by atomic mass is 10.0. The predicted molar refractivity (Wildman–Crippen MR) is 76.5 cm³/mol. The van der Waals surface area contributed by atoms with Gasteiger partial charge in [-0.15, -0.1) is 11.3 Å². The normalized spacial score (nSPS) is 13.2. The molecule has 6 heteroatoms. The molecule has 19 heavy (non-hydrogen) atoms. The molecular formula is C13H17N5S. The van der Waals surface area contributed by atoms with Crippen LogP contribution in [0.1, 0.15) is 23.0 Å². The molecule has 1 atom stereocenters. The molecule has 0 aliphatic rings. The fraction of sp³-hybridized carbons (Fsp3) is 0.385. The van der Waals surface area contributed by atoms with Gasteiger partial charge in [0.05, 0.1) is 11.9 Å². The topological polar surface area (TPSA) is 47.1 Å². The maximum atomic E-state index is 4.64. The summed E-state index contributed by atoms with van der Waals surface area (Å²) >= 11 is 1.66. The highest BCUT2D eigenvalue weighted by atomic mass is 32.1. The molecule has 3 aromatic rings. The maximum absolute atomic E-state index is 4.64. The molecule has 3 rings (SSSR count). The summed E-state index contributed by atoms with van der Waals surface area (Å²) in [4.78, 5) is 5.69. The van der Waals surface area contributed by atoms with E-state index in [0.29, 0.717) is 0 Å². The van der Waals surface area contributed by atoms with Gasteiger partial charge >= 0.3 is 0 Å². The van der Waals surface area contributed by atoms with E-state index in [-0.39, 0.29) is 6.04 Å². The van der Waals surface area contributed by atoms with Crippen molar-refractivity contribution in [1.29, 1.82) is 0 Å². The van der Waals surface area contributed by atoms with Gasteiger partial charge in [-0.1, -0.05) is 0 Å². The van der Waals surface area contributed by atoms with E-state index in [4.69, 9.17) is 0 Å². The van der Waals surface area contributed by atoms with Crippen molar-refractivity contribution >= 4 is 16.3 Å². The number of fused-ring (bicyclic) bond motifs is 1. The van der Waals surface area contributed by atoms with Crippen LogP contribution in [-0.2, 0) is 13.5 Å². The number of rotatable bonds is 4. The molecular weight excluding hydrogens is 258 g/mol. The Morgan fingerprint density at radius 3 is 2.95 bits per heavy atom. The molecule has 100 valence electrons. The van der Waals surface area contributed by atoms with Gasteiger partial charge in [-0.3, -0.25) is 9.08 Å². The van der Waals surface area contributed by atoms with E-state index < -0.39 is 0 Å². The average Bonchev–Trinajstić information content (AvgIpc) is 3.04. The summed E-state index contributed by atoms with van der Waals surface area (Å²) in [5.74, 6) is 0. The summed E-state index contributed by atoms with van der Waals surface area (Å²) in [6.45, 7) is 2.10. The van der Waals surface area contributed by atoms with Gasteiger partial charge in [0.15, 0.2) is 4.96 Å². The van der Waals surface area contributed by atoms with Gasteiger partial charge in [0, 0.05) is 48.5 Å². The second-order valence-electron chi connectivity index (χ2n) is 4.68. The third kappa shape index (κ3) is 2.17. The van der Waals surface area contributed by atoms with Gasteiger partial charge in [0.2, 0.25) is 0 Å². The molecule has 1 unspecified atom stereocenters. The number of likely N-dealkylation sites (N-methyl/N-ethyl adjacent to an activating group) is 1. The minimum Gasteiger partial charge on any atom is -0.313 e. The molecule has 0 radical (unpaired) electrons. The molecule has 0 fully saturated rings. The summed E-state index contributed by atoms with van der Waals surface area (Å²) in [5, 5.41) is 9.72. The van der Waals surface area contributed by atoms with Crippen LogP contribution in [0.5, 0.6) is 0 Å². The van der Waals surface area contributed by atoms with Crippen LogP contribution in [0.2, 0.25) is 0 Å². The second-order valence-corrected chi connectivity index (χ2v) is 5.55. The Labute approximate surface area is 115 Å². The van der Waals surface area contributed by atoms with Crippen LogP contribution in [0.4, 0.5) is 0 Å². The van der Waals surface area contributed by atoms with Crippen molar-refractivity contribution in [3.8, 4) is 0 Å². The summed E-state index contributed by atoms with van der Waals surface area (Å²) < 4.78 is 3.98. The van der Waals surface area contributed by atoms with Crippen LogP contribution in [0.3, 0.4) is 0 Å². The molecule has 5 nitrogen and oxygen atoms in total. The molecule has 3 heterocycles. The van der Waals surface area contributed by atoms with Crippen LogP contribution >= 0.6 is 11.3 Å². The number of aromatic nitrogens is 4. The first-order chi connectivity index (χ1) is 9.19. The van der Waals surface area contributed by atoms with Gasteiger partial charge < -0.3 is 5.32 Å². The van der Waals surface area contributed by atoms with E-state index in [0.717, 1.165) is 17.1 Å². The summed E-state index contributed by atoms with van der Waals surface area (Å²) in [6.07, 6.45) is 6.95. The fourth-order valence-electron chi connectivity index (χ4n) is 2.31. The number of thiazole rings is 1.